The molecule has 9 heteroatoms. The molecule has 1 radical (unpaired) electrons. The third kappa shape index (κ3) is 9.43. The Hall–Kier alpha value is -0.586. The van der Waals surface area contributed by atoms with Gasteiger partial charge in [-0.2, -0.15) is 0 Å². The summed E-state index contributed by atoms with van der Waals surface area (Å²) in [4.78, 5) is 8.11. The van der Waals surface area contributed by atoms with Gasteiger partial charge in [-0.25, -0.2) is 0 Å². The van der Waals surface area contributed by atoms with Crippen LogP contribution in [0.3, 0.4) is 0 Å². The van der Waals surface area contributed by atoms with E-state index in [0.29, 0.717) is 16.6 Å². The Labute approximate surface area is 157 Å². The van der Waals surface area contributed by atoms with Crippen molar-refractivity contribution in [1.82, 2.24) is 4.90 Å². The fourth-order valence-electron chi connectivity index (χ4n) is 1.58. The van der Waals surface area contributed by atoms with E-state index >= 15 is 0 Å². The summed E-state index contributed by atoms with van der Waals surface area (Å²) in [6.07, 6.45) is 1.65. The SMILES string of the molecule is CCN(CC)CCN=Cc1cc(Br)cc(Br)c1[O-].[N-]=[N+]=[N-].[Ni+3]. The van der Waals surface area contributed by atoms with Crippen LogP contribution >= 0.6 is 31.9 Å². The van der Waals surface area contributed by atoms with E-state index in [4.69, 9.17) is 11.1 Å². The van der Waals surface area contributed by atoms with Crippen molar-refractivity contribution in [2.45, 2.75) is 13.8 Å². The van der Waals surface area contributed by atoms with E-state index in [1.807, 2.05) is 0 Å². The molecule has 0 amide bonds. The third-order valence-electron chi connectivity index (χ3n) is 2.71. The van der Waals surface area contributed by atoms with Crippen LogP contribution in [0, 0.1) is 0 Å². The molecule has 1 aromatic carbocycles. The maximum Gasteiger partial charge on any atom is 3.00 e. The van der Waals surface area contributed by atoms with Crippen molar-refractivity contribution in [3.63, 3.8) is 0 Å². The predicted molar refractivity (Wildman–Crippen MR) is 91.6 cm³/mol. The number of nitrogens with zero attached hydrogens (tertiary/aromatic N) is 5. The zero-order chi connectivity index (χ0) is 16.3. The van der Waals surface area contributed by atoms with Crippen LogP contribution in [0.15, 0.2) is 26.1 Å². The molecule has 0 bridgehead atoms. The quantitative estimate of drug-likeness (QED) is 0.204. The van der Waals surface area contributed by atoms with Crippen LogP contribution in [0.5, 0.6) is 5.75 Å². The molecule has 1 aromatic rings. The molecule has 0 saturated heterocycles. The minimum absolute atomic E-state index is 0. The minimum atomic E-state index is -0.0233. The summed E-state index contributed by atoms with van der Waals surface area (Å²) in [7, 11) is 0. The topological polar surface area (TPSA) is 97.4 Å². The molecular formula is C13H17Br2N5NiO+. The van der Waals surface area contributed by atoms with Gasteiger partial charge >= 0.3 is 16.5 Å². The van der Waals surface area contributed by atoms with E-state index in [1.165, 1.54) is 4.91 Å². The van der Waals surface area contributed by atoms with Crippen LogP contribution in [0.25, 0.3) is 16.0 Å². The number of halogens is 2. The smallest absolute Gasteiger partial charge is 0.871 e. The molecule has 0 N–H and O–H groups in total. The second-order valence-electron chi connectivity index (χ2n) is 3.96. The van der Waals surface area contributed by atoms with Crippen molar-refractivity contribution < 1.29 is 21.6 Å². The first-order valence-corrected chi connectivity index (χ1v) is 7.95. The number of hydrogen-bond acceptors (Lipinski definition) is 3. The van der Waals surface area contributed by atoms with Crippen LogP contribution in [0.4, 0.5) is 0 Å². The monoisotopic (exact) mass is 475 g/mol. The van der Waals surface area contributed by atoms with Crippen LogP contribution in [0.2, 0.25) is 0 Å². The molecule has 123 valence electrons. The zero-order valence-electron chi connectivity index (χ0n) is 12.3. The molecule has 0 heterocycles. The van der Waals surface area contributed by atoms with Crippen LogP contribution in [-0.2, 0) is 16.5 Å². The number of likely N-dealkylation sites (N-methyl/N-ethyl adjacent to an activating group) is 1. The molecule has 0 aromatic heterocycles. The summed E-state index contributed by atoms with van der Waals surface area (Å²) in [6, 6.07) is 3.53. The number of hydrogen-bond donors (Lipinski definition) is 0. The van der Waals surface area contributed by atoms with Crippen LogP contribution in [-0.4, -0.2) is 37.3 Å². The molecule has 0 atom stereocenters. The van der Waals surface area contributed by atoms with Gasteiger partial charge in [0, 0.05) is 21.7 Å². The summed E-state index contributed by atoms with van der Waals surface area (Å²) >= 11 is 6.60. The Morgan fingerprint density at radius 3 is 2.32 bits per heavy atom. The molecule has 0 aliphatic carbocycles. The summed E-state index contributed by atoms with van der Waals surface area (Å²) in [5, 5.41) is 11.8. The van der Waals surface area contributed by atoms with Crippen molar-refractivity contribution >= 4 is 38.1 Å². The van der Waals surface area contributed by atoms with Gasteiger partial charge < -0.3 is 21.1 Å². The first-order valence-electron chi connectivity index (χ1n) is 6.36. The number of benzene rings is 1. The molecule has 0 aliphatic rings. The Bertz CT molecular complexity index is 503. The summed E-state index contributed by atoms with van der Waals surface area (Å²) in [5.74, 6) is -0.0233. The normalized spacial score (nSPS) is 9.86. The van der Waals surface area contributed by atoms with Gasteiger partial charge in [-0.3, -0.25) is 9.90 Å². The zero-order valence-corrected chi connectivity index (χ0v) is 16.4. The third-order valence-corrected chi connectivity index (χ3v) is 3.75. The van der Waals surface area contributed by atoms with Gasteiger partial charge in [0.05, 0.1) is 6.54 Å². The van der Waals surface area contributed by atoms with E-state index in [-0.39, 0.29) is 22.2 Å². The molecule has 6 nitrogen and oxygen atoms in total. The fourth-order valence-corrected chi connectivity index (χ4v) is 2.84. The largest absolute Gasteiger partial charge is 3.00 e. The van der Waals surface area contributed by atoms with Crippen molar-refractivity contribution in [1.29, 1.82) is 0 Å². The van der Waals surface area contributed by atoms with Crippen LogP contribution in [0.1, 0.15) is 19.4 Å². The fraction of sp³-hybridized carbons (Fsp3) is 0.462. The van der Waals surface area contributed by atoms with Gasteiger partial charge in [0.25, 0.3) is 0 Å². The van der Waals surface area contributed by atoms with E-state index in [0.717, 1.165) is 24.1 Å². The van der Waals surface area contributed by atoms with E-state index in [9.17, 15) is 5.11 Å². The van der Waals surface area contributed by atoms with Crippen molar-refractivity contribution in [3.8, 4) is 5.75 Å². The molecule has 1 rings (SSSR count). The average molecular weight is 478 g/mol. The van der Waals surface area contributed by atoms with E-state index < -0.39 is 0 Å². The van der Waals surface area contributed by atoms with E-state index in [2.05, 4.69) is 55.6 Å². The Balaban J connectivity index is 0. The standard InChI is InChI=1S/C13H18Br2N2O.N3.Ni/c1-3-17(4-2)6-5-16-9-10-7-11(14)8-12(15)13(10)18;1-3-2;/h7-9,18H,3-6H2,1-2H3;;/q;-1;+3/p-1. The molecule has 0 unspecified atom stereocenters. The van der Waals surface area contributed by atoms with Gasteiger partial charge in [0.1, 0.15) is 0 Å². The van der Waals surface area contributed by atoms with Crippen molar-refractivity contribution in [2.24, 2.45) is 4.99 Å². The van der Waals surface area contributed by atoms with Gasteiger partial charge in [0.2, 0.25) is 0 Å². The Morgan fingerprint density at radius 2 is 1.82 bits per heavy atom. The average Bonchev–Trinajstić information content (AvgIpc) is 2.45. The van der Waals surface area contributed by atoms with Gasteiger partial charge in [-0.05, 0) is 30.8 Å². The van der Waals surface area contributed by atoms with Gasteiger partial charge in [-0.1, -0.05) is 51.5 Å². The number of aliphatic imine (C=N–C) groups is 1. The molecule has 0 fully saturated rings. The van der Waals surface area contributed by atoms with Gasteiger partial charge in [-0.15, -0.1) is 0 Å². The number of rotatable bonds is 6. The first-order chi connectivity index (χ1) is 9.99. The van der Waals surface area contributed by atoms with Gasteiger partial charge in [0.15, 0.2) is 0 Å². The Kier molecular flexibility index (Phi) is 15.1. The molecule has 22 heavy (non-hydrogen) atoms. The van der Waals surface area contributed by atoms with Crippen molar-refractivity contribution in [3.05, 3.63) is 42.6 Å². The minimum Gasteiger partial charge on any atom is -0.871 e. The molecular weight excluding hydrogens is 461 g/mol. The summed E-state index contributed by atoms with van der Waals surface area (Å²) in [5.41, 5.74) is 14.1. The summed E-state index contributed by atoms with van der Waals surface area (Å²) in [6.45, 7) is 7.96. The molecule has 0 saturated carbocycles. The van der Waals surface area contributed by atoms with Crippen molar-refractivity contribution in [2.75, 3.05) is 26.2 Å². The predicted octanol–water partition coefficient (Wildman–Crippen LogP) is 3.91. The Morgan fingerprint density at radius 1 is 1.27 bits per heavy atom. The molecule has 0 aliphatic heterocycles. The second kappa shape index (κ2) is 14.0. The maximum atomic E-state index is 11.8. The maximum absolute atomic E-state index is 11.8. The van der Waals surface area contributed by atoms with E-state index in [1.54, 1.807) is 18.3 Å². The van der Waals surface area contributed by atoms with Crippen LogP contribution < -0.4 is 5.11 Å². The molecule has 0 spiro atoms. The first kappa shape index (κ1) is 23.7. The summed E-state index contributed by atoms with van der Waals surface area (Å²) < 4.78 is 1.43. The second-order valence-corrected chi connectivity index (χ2v) is 5.73.